The van der Waals surface area contributed by atoms with Crippen molar-refractivity contribution in [3.8, 4) is 0 Å². The van der Waals surface area contributed by atoms with E-state index in [4.69, 9.17) is 0 Å². The third-order valence-corrected chi connectivity index (χ3v) is 5.56. The Labute approximate surface area is 180 Å². The Bertz CT molecular complexity index is 1140. The second kappa shape index (κ2) is 8.55. The van der Waals surface area contributed by atoms with Gasteiger partial charge in [-0.25, -0.2) is 4.98 Å². The number of aliphatic hydroxyl groups is 1. The Morgan fingerprint density at radius 3 is 2.65 bits per heavy atom. The molecule has 3 heterocycles. The van der Waals surface area contributed by atoms with Crippen molar-refractivity contribution in [2.24, 2.45) is 0 Å². The molecule has 0 bridgehead atoms. The van der Waals surface area contributed by atoms with Crippen LogP contribution >= 0.6 is 0 Å². The molecule has 7 heteroatoms. The fourth-order valence-electron chi connectivity index (χ4n) is 3.97. The van der Waals surface area contributed by atoms with Gasteiger partial charge in [-0.05, 0) is 43.5 Å². The quantitative estimate of drug-likeness (QED) is 0.378. The van der Waals surface area contributed by atoms with E-state index >= 15 is 0 Å². The molecule has 4 rings (SSSR count). The average molecular weight is 416 g/mol. The predicted octanol–water partition coefficient (Wildman–Crippen LogP) is 3.41. The number of rotatable bonds is 6. The SMILES string of the molecule is Cc1ccc(C)c(C(O)=C2C(=O)C(=O)N(CCCn3ccnc3)[C@H]2c2cccnc2)c1. The first kappa shape index (κ1) is 20.5. The summed E-state index contributed by atoms with van der Waals surface area (Å²) in [5.74, 6) is -1.42. The van der Waals surface area contributed by atoms with Crippen molar-refractivity contribution < 1.29 is 14.7 Å². The van der Waals surface area contributed by atoms with Crippen LogP contribution in [0.25, 0.3) is 5.76 Å². The summed E-state index contributed by atoms with van der Waals surface area (Å²) in [5, 5.41) is 11.2. The molecule has 1 fully saturated rings. The minimum absolute atomic E-state index is 0.106. The van der Waals surface area contributed by atoms with Crippen LogP contribution in [-0.4, -0.2) is 42.8 Å². The van der Waals surface area contributed by atoms with Crippen LogP contribution < -0.4 is 0 Å². The fraction of sp³-hybridized carbons (Fsp3) is 0.250. The first-order valence-corrected chi connectivity index (χ1v) is 10.2. The number of ketones is 1. The van der Waals surface area contributed by atoms with E-state index in [1.54, 1.807) is 31.0 Å². The lowest BCUT2D eigenvalue weighted by atomic mass is 9.94. The summed E-state index contributed by atoms with van der Waals surface area (Å²) < 4.78 is 1.92. The van der Waals surface area contributed by atoms with Crippen molar-refractivity contribution in [1.82, 2.24) is 19.4 Å². The van der Waals surface area contributed by atoms with Crippen molar-refractivity contribution in [2.75, 3.05) is 6.54 Å². The number of aromatic nitrogens is 3. The molecular weight excluding hydrogens is 392 g/mol. The molecule has 31 heavy (non-hydrogen) atoms. The number of pyridine rings is 1. The molecule has 1 N–H and O–H groups in total. The highest BCUT2D eigenvalue weighted by Crippen LogP contribution is 2.39. The number of aliphatic hydroxyl groups excluding tert-OH is 1. The molecule has 1 aliphatic rings. The van der Waals surface area contributed by atoms with E-state index in [9.17, 15) is 14.7 Å². The van der Waals surface area contributed by atoms with Crippen molar-refractivity contribution >= 4 is 17.4 Å². The summed E-state index contributed by atoms with van der Waals surface area (Å²) in [4.78, 5) is 35.8. The number of imidazole rings is 1. The monoisotopic (exact) mass is 416 g/mol. The van der Waals surface area contributed by atoms with Gasteiger partial charge in [-0.1, -0.05) is 23.8 Å². The van der Waals surface area contributed by atoms with Gasteiger partial charge in [0.15, 0.2) is 0 Å². The van der Waals surface area contributed by atoms with Crippen molar-refractivity contribution in [2.45, 2.75) is 32.9 Å². The van der Waals surface area contributed by atoms with Gasteiger partial charge in [0.25, 0.3) is 11.7 Å². The summed E-state index contributed by atoms with van der Waals surface area (Å²) in [6.07, 6.45) is 9.19. The number of Topliss-reactive ketones (excluding diaryl/α,β-unsaturated/α-hetero) is 1. The average Bonchev–Trinajstić information content (AvgIpc) is 3.38. The second-order valence-corrected chi connectivity index (χ2v) is 7.75. The van der Waals surface area contributed by atoms with Crippen LogP contribution in [0.4, 0.5) is 0 Å². The van der Waals surface area contributed by atoms with Crippen LogP contribution in [0.5, 0.6) is 0 Å². The Morgan fingerprint density at radius 1 is 1.10 bits per heavy atom. The molecule has 0 spiro atoms. The fourth-order valence-corrected chi connectivity index (χ4v) is 3.97. The summed E-state index contributed by atoms with van der Waals surface area (Å²) in [7, 11) is 0. The van der Waals surface area contributed by atoms with Crippen LogP contribution in [0.15, 0.2) is 67.0 Å². The van der Waals surface area contributed by atoms with Crippen molar-refractivity contribution in [3.05, 3.63) is 89.3 Å². The van der Waals surface area contributed by atoms with Crippen LogP contribution in [0.2, 0.25) is 0 Å². The van der Waals surface area contributed by atoms with E-state index in [0.29, 0.717) is 30.6 Å². The number of aryl methyl sites for hydroxylation is 3. The van der Waals surface area contributed by atoms with E-state index in [1.807, 2.05) is 48.9 Å². The highest BCUT2D eigenvalue weighted by molar-refractivity contribution is 6.46. The third kappa shape index (κ3) is 3.99. The lowest BCUT2D eigenvalue weighted by molar-refractivity contribution is -0.139. The van der Waals surface area contributed by atoms with Crippen molar-refractivity contribution in [1.29, 1.82) is 0 Å². The second-order valence-electron chi connectivity index (χ2n) is 7.75. The zero-order valence-corrected chi connectivity index (χ0v) is 17.5. The summed E-state index contributed by atoms with van der Waals surface area (Å²) in [5.41, 5.74) is 3.15. The number of benzene rings is 1. The largest absolute Gasteiger partial charge is 0.507 e. The molecule has 2 aromatic heterocycles. The minimum atomic E-state index is -0.684. The van der Waals surface area contributed by atoms with Crippen molar-refractivity contribution in [3.63, 3.8) is 0 Å². The summed E-state index contributed by atoms with van der Waals surface area (Å²) in [6, 6.07) is 8.57. The molecule has 1 saturated heterocycles. The van der Waals surface area contributed by atoms with Gasteiger partial charge < -0.3 is 14.6 Å². The van der Waals surface area contributed by atoms with E-state index in [0.717, 1.165) is 11.1 Å². The van der Waals surface area contributed by atoms with E-state index in [1.165, 1.54) is 4.90 Å². The van der Waals surface area contributed by atoms with Gasteiger partial charge in [0, 0.05) is 43.4 Å². The molecule has 0 unspecified atom stereocenters. The molecule has 1 atom stereocenters. The first-order chi connectivity index (χ1) is 15.0. The maximum Gasteiger partial charge on any atom is 0.295 e. The Kier molecular flexibility index (Phi) is 5.66. The summed E-state index contributed by atoms with van der Waals surface area (Å²) >= 11 is 0. The topological polar surface area (TPSA) is 88.3 Å². The minimum Gasteiger partial charge on any atom is -0.507 e. The lowest BCUT2D eigenvalue weighted by Crippen LogP contribution is -2.31. The number of carbonyl (C=O) groups excluding carboxylic acids is 2. The van der Waals surface area contributed by atoms with Gasteiger partial charge >= 0.3 is 0 Å². The summed E-state index contributed by atoms with van der Waals surface area (Å²) in [6.45, 7) is 4.82. The lowest BCUT2D eigenvalue weighted by Gasteiger charge is -2.25. The molecule has 3 aromatic rings. The van der Waals surface area contributed by atoms with Crippen LogP contribution in [-0.2, 0) is 16.1 Å². The Hall–Kier alpha value is -3.74. The molecular formula is C24H24N4O3. The molecule has 0 aliphatic carbocycles. The van der Waals surface area contributed by atoms with Crippen LogP contribution in [0.1, 0.15) is 34.7 Å². The van der Waals surface area contributed by atoms with E-state index < -0.39 is 17.7 Å². The van der Waals surface area contributed by atoms with E-state index in [2.05, 4.69) is 9.97 Å². The third-order valence-electron chi connectivity index (χ3n) is 5.56. The molecule has 158 valence electrons. The molecule has 7 nitrogen and oxygen atoms in total. The maximum absolute atomic E-state index is 13.1. The van der Waals surface area contributed by atoms with E-state index in [-0.39, 0.29) is 11.3 Å². The number of hydrogen-bond donors (Lipinski definition) is 1. The van der Waals surface area contributed by atoms with Crippen LogP contribution in [0.3, 0.4) is 0 Å². The Balaban J connectivity index is 1.75. The number of nitrogens with zero attached hydrogens (tertiary/aromatic N) is 4. The zero-order chi connectivity index (χ0) is 22.0. The predicted molar refractivity (Wildman–Crippen MR) is 116 cm³/mol. The molecule has 0 radical (unpaired) electrons. The standard InChI is InChI=1S/C24H24N4O3/c1-16-6-7-17(2)19(13-16)22(29)20-21(18-5-3-8-25-14-18)28(24(31)23(20)30)11-4-10-27-12-9-26-15-27/h3,5-9,12-15,21,29H,4,10-11H2,1-2H3/t21-/m0/s1. The number of carbonyl (C=O) groups is 2. The normalized spacial score (nSPS) is 18.0. The molecule has 0 saturated carbocycles. The first-order valence-electron chi connectivity index (χ1n) is 10.2. The smallest absolute Gasteiger partial charge is 0.295 e. The zero-order valence-electron chi connectivity index (χ0n) is 17.5. The highest BCUT2D eigenvalue weighted by Gasteiger charge is 2.46. The molecule has 1 amide bonds. The highest BCUT2D eigenvalue weighted by atomic mass is 16.3. The maximum atomic E-state index is 13.1. The van der Waals surface area contributed by atoms with Gasteiger partial charge in [-0.15, -0.1) is 0 Å². The van der Waals surface area contributed by atoms with Crippen LogP contribution in [0, 0.1) is 13.8 Å². The Morgan fingerprint density at radius 2 is 1.94 bits per heavy atom. The van der Waals surface area contributed by atoms with Gasteiger partial charge in [-0.3, -0.25) is 14.6 Å². The number of hydrogen-bond acceptors (Lipinski definition) is 5. The van der Waals surface area contributed by atoms with Gasteiger partial charge in [-0.2, -0.15) is 0 Å². The molecule has 1 aliphatic heterocycles. The number of amides is 1. The molecule has 1 aromatic carbocycles. The van der Waals surface area contributed by atoms with Gasteiger partial charge in [0.2, 0.25) is 0 Å². The van der Waals surface area contributed by atoms with Gasteiger partial charge in [0.1, 0.15) is 5.76 Å². The number of likely N-dealkylation sites (tertiary alicyclic amines) is 1. The van der Waals surface area contributed by atoms with Gasteiger partial charge in [0.05, 0.1) is 17.9 Å².